The summed E-state index contributed by atoms with van der Waals surface area (Å²) in [7, 11) is 0. The Morgan fingerprint density at radius 2 is 0.412 bits per heavy atom. The zero-order valence-electron chi connectivity index (χ0n) is 47.9. The van der Waals surface area contributed by atoms with Crippen LogP contribution in [0.2, 0.25) is 0 Å². The second-order valence-electron chi connectivity index (χ2n) is 25.3. The summed E-state index contributed by atoms with van der Waals surface area (Å²) >= 11 is 0. The van der Waals surface area contributed by atoms with Crippen molar-refractivity contribution in [1.29, 1.82) is 0 Å². The van der Waals surface area contributed by atoms with Crippen molar-refractivity contribution in [2.75, 3.05) is 9.80 Å². The number of hydrogen-bond donors (Lipinski definition) is 0. The highest BCUT2D eigenvalue weighted by molar-refractivity contribution is 5.80. The Balaban J connectivity index is 0.798. The number of hydrogen-bond acceptors (Lipinski definition) is 2. The van der Waals surface area contributed by atoms with Crippen LogP contribution >= 0.6 is 0 Å². The van der Waals surface area contributed by atoms with Gasteiger partial charge in [0.05, 0.1) is 0 Å². The van der Waals surface area contributed by atoms with E-state index in [2.05, 4.69) is 204 Å². The fourth-order valence-corrected chi connectivity index (χ4v) is 15.7. The molecule has 80 heavy (non-hydrogen) atoms. The summed E-state index contributed by atoms with van der Waals surface area (Å²) in [6.07, 6.45) is 33.1. The van der Waals surface area contributed by atoms with Crippen molar-refractivity contribution in [3.8, 4) is 22.3 Å². The van der Waals surface area contributed by atoms with E-state index in [-0.39, 0.29) is 5.41 Å². The topological polar surface area (TPSA) is 6.48 Å². The van der Waals surface area contributed by atoms with Gasteiger partial charge in [-0.1, -0.05) is 218 Å². The molecule has 0 atom stereocenters. The average Bonchev–Trinajstić information content (AvgIpc) is 3.56. The number of rotatable bonds is 14. The van der Waals surface area contributed by atoms with Gasteiger partial charge in [-0.2, -0.15) is 0 Å². The molecule has 0 unspecified atom stereocenters. The molecule has 5 saturated carbocycles. The van der Waals surface area contributed by atoms with Gasteiger partial charge in [-0.3, -0.25) is 0 Å². The summed E-state index contributed by atoms with van der Waals surface area (Å²) in [6, 6.07) is 76.6. The lowest BCUT2D eigenvalue weighted by atomic mass is 9.65. The molecule has 13 rings (SSSR count). The van der Waals surface area contributed by atoms with Crippen molar-refractivity contribution in [3.05, 3.63) is 228 Å². The van der Waals surface area contributed by atoms with Gasteiger partial charge in [0.2, 0.25) is 0 Å². The molecule has 8 aromatic carbocycles. The van der Waals surface area contributed by atoms with Crippen LogP contribution in [0.15, 0.2) is 194 Å². The first kappa shape index (κ1) is 52.7. The van der Waals surface area contributed by atoms with E-state index in [4.69, 9.17) is 0 Å². The van der Waals surface area contributed by atoms with Gasteiger partial charge in [-0.25, -0.2) is 0 Å². The van der Waals surface area contributed by atoms with Gasteiger partial charge in [0.25, 0.3) is 0 Å². The summed E-state index contributed by atoms with van der Waals surface area (Å²) in [5.41, 5.74) is 21.2. The number of anilines is 6. The lowest BCUT2D eigenvalue weighted by molar-refractivity contribution is 0.346. The zero-order valence-corrected chi connectivity index (χ0v) is 47.9. The van der Waals surface area contributed by atoms with Gasteiger partial charge < -0.3 is 9.80 Å². The first-order chi connectivity index (χ1) is 39.6. The zero-order chi connectivity index (χ0) is 53.5. The fourth-order valence-electron chi connectivity index (χ4n) is 15.7. The molecule has 408 valence electrons. The van der Waals surface area contributed by atoms with Crippen LogP contribution < -0.4 is 9.80 Å². The van der Waals surface area contributed by atoms with Crippen molar-refractivity contribution < 1.29 is 0 Å². The Morgan fingerprint density at radius 1 is 0.212 bits per heavy atom. The van der Waals surface area contributed by atoms with Crippen molar-refractivity contribution in [3.63, 3.8) is 0 Å². The van der Waals surface area contributed by atoms with Crippen LogP contribution in [-0.4, -0.2) is 0 Å². The third kappa shape index (κ3) is 11.5. The van der Waals surface area contributed by atoms with Crippen molar-refractivity contribution in [2.45, 2.75) is 190 Å². The lowest BCUT2D eigenvalue weighted by Gasteiger charge is -2.39. The first-order valence-electron chi connectivity index (χ1n) is 32.0. The quantitative estimate of drug-likeness (QED) is 0.107. The largest absolute Gasteiger partial charge is 0.311 e. The fraction of sp³-hybridized carbons (Fsp3) is 0.385. The van der Waals surface area contributed by atoms with Crippen LogP contribution in [0.5, 0.6) is 0 Å². The Morgan fingerprint density at radius 3 is 0.675 bits per heavy atom. The highest BCUT2D eigenvalue weighted by Crippen LogP contribution is 2.48. The summed E-state index contributed by atoms with van der Waals surface area (Å²) < 4.78 is 0. The van der Waals surface area contributed by atoms with Gasteiger partial charge in [0, 0.05) is 39.5 Å². The van der Waals surface area contributed by atoms with E-state index in [1.807, 2.05) is 0 Å². The highest BCUT2D eigenvalue weighted by atomic mass is 15.1. The molecule has 0 heterocycles. The molecule has 0 spiro atoms. The third-order valence-corrected chi connectivity index (χ3v) is 20.4. The molecule has 8 aromatic rings. The third-order valence-electron chi connectivity index (χ3n) is 20.4. The minimum atomic E-state index is -0.0450. The molecule has 2 nitrogen and oxygen atoms in total. The Hall–Kier alpha value is -6.64. The second-order valence-corrected chi connectivity index (χ2v) is 25.3. The minimum Gasteiger partial charge on any atom is -0.311 e. The van der Waals surface area contributed by atoms with Crippen LogP contribution in [0.1, 0.15) is 218 Å². The molecule has 0 aliphatic heterocycles. The second kappa shape index (κ2) is 24.6. The summed E-state index contributed by atoms with van der Waals surface area (Å²) in [6.45, 7) is 0. The van der Waals surface area contributed by atoms with E-state index < -0.39 is 0 Å². The molecular formula is C78H86N2. The molecule has 0 N–H and O–H groups in total. The Kier molecular flexibility index (Phi) is 16.2. The van der Waals surface area contributed by atoms with Gasteiger partial charge in [-0.15, -0.1) is 0 Å². The van der Waals surface area contributed by atoms with Gasteiger partial charge >= 0.3 is 0 Å². The van der Waals surface area contributed by atoms with Crippen molar-refractivity contribution in [2.24, 2.45) is 0 Å². The summed E-state index contributed by atoms with van der Waals surface area (Å²) in [5, 5.41) is 0. The maximum atomic E-state index is 2.49. The standard InChI is InChI=1S/C78H86N2/c1-6-16-58(17-7-1)62-24-28-64(29-25-62)68-36-48-74(49-37-68)79(72-44-32-66(33-45-72)60-20-10-3-11-21-60)76-52-40-70(41-53-76)78(56-14-5-15-57-78)71-42-54-77(55-43-71)80(73-46-34-67(35-47-73)61-22-12-4-13-23-61)75-50-38-69(39-51-75)65-30-26-63(27-31-65)59-18-8-2-9-19-59/h24-55,58-61H,1-23,56-57H2. The van der Waals surface area contributed by atoms with Crippen LogP contribution in [0.25, 0.3) is 22.3 Å². The maximum absolute atomic E-state index is 2.49. The van der Waals surface area contributed by atoms with Crippen LogP contribution in [0.4, 0.5) is 34.1 Å². The molecule has 0 amide bonds. The number of nitrogens with zero attached hydrogens (tertiary/aromatic N) is 2. The van der Waals surface area contributed by atoms with Crippen LogP contribution in [-0.2, 0) is 5.41 Å². The van der Waals surface area contributed by atoms with Crippen molar-refractivity contribution >= 4 is 34.1 Å². The minimum absolute atomic E-state index is 0.0450. The van der Waals surface area contributed by atoms with Crippen LogP contribution in [0, 0.1) is 0 Å². The predicted octanol–water partition coefficient (Wildman–Crippen LogP) is 23.4. The maximum Gasteiger partial charge on any atom is 0.0462 e. The molecule has 5 aliphatic carbocycles. The Bertz CT molecular complexity index is 2980. The molecule has 5 fully saturated rings. The highest BCUT2D eigenvalue weighted by Gasteiger charge is 2.36. The van der Waals surface area contributed by atoms with E-state index in [1.54, 1.807) is 0 Å². The van der Waals surface area contributed by atoms with E-state index in [0.717, 1.165) is 24.7 Å². The SMILES string of the molecule is c1cc(C2CCCCC2)ccc1-c1ccc(N(c2ccc(C3CCCCC3)cc2)c2ccc(C3(c4ccc(N(c5ccc(-c6ccc(C7CCCCC7)cc6)cc5)c5ccc(C6CCCCC6)cc5)cc4)CCCCC3)cc2)cc1. The van der Waals surface area contributed by atoms with Gasteiger partial charge in [0.1, 0.15) is 0 Å². The normalized spacial score (nSPS) is 18.6. The van der Waals surface area contributed by atoms with E-state index in [1.165, 1.54) is 237 Å². The molecule has 5 aliphatic rings. The molecular weight excluding hydrogens is 965 g/mol. The van der Waals surface area contributed by atoms with E-state index >= 15 is 0 Å². The van der Waals surface area contributed by atoms with Gasteiger partial charge in [0.15, 0.2) is 0 Å². The monoisotopic (exact) mass is 1050 g/mol. The summed E-state index contributed by atoms with van der Waals surface area (Å²) in [5.74, 6) is 2.81. The van der Waals surface area contributed by atoms with Gasteiger partial charge in [-0.05, 0) is 216 Å². The van der Waals surface area contributed by atoms with E-state index in [0.29, 0.717) is 11.8 Å². The summed E-state index contributed by atoms with van der Waals surface area (Å²) in [4.78, 5) is 4.98. The van der Waals surface area contributed by atoms with E-state index in [9.17, 15) is 0 Å². The molecule has 2 heteroatoms. The molecule has 0 bridgehead atoms. The smallest absolute Gasteiger partial charge is 0.0462 e. The molecule has 0 radical (unpaired) electrons. The predicted molar refractivity (Wildman–Crippen MR) is 340 cm³/mol. The number of benzene rings is 8. The van der Waals surface area contributed by atoms with Crippen LogP contribution in [0.3, 0.4) is 0 Å². The lowest BCUT2D eigenvalue weighted by Crippen LogP contribution is -2.30. The molecule has 0 aromatic heterocycles. The Labute approximate surface area is 480 Å². The molecule has 0 saturated heterocycles. The first-order valence-corrected chi connectivity index (χ1v) is 32.0. The average molecular weight is 1050 g/mol. The van der Waals surface area contributed by atoms with Crippen molar-refractivity contribution in [1.82, 2.24) is 0 Å².